The lowest BCUT2D eigenvalue weighted by Gasteiger charge is -2.08. The Bertz CT molecular complexity index is 127. The summed E-state index contributed by atoms with van der Waals surface area (Å²) in [5.41, 5.74) is 10.4. The van der Waals surface area contributed by atoms with Crippen LogP contribution in [-0.4, -0.2) is 25.0 Å². The van der Waals surface area contributed by atoms with Gasteiger partial charge >= 0.3 is 0 Å². The fourth-order valence-electron chi connectivity index (χ4n) is 0.858. The zero-order valence-electron chi connectivity index (χ0n) is 7.68. The molecule has 0 aromatic heterocycles. The molecule has 0 spiro atoms. The van der Waals surface area contributed by atoms with Crippen molar-refractivity contribution < 1.29 is 4.79 Å². The summed E-state index contributed by atoms with van der Waals surface area (Å²) in [6, 6.07) is -0.549. The molecule has 0 fully saturated rings. The summed E-state index contributed by atoms with van der Waals surface area (Å²) in [6.07, 6.45) is 3.53. The van der Waals surface area contributed by atoms with Gasteiger partial charge in [0, 0.05) is 6.54 Å². The number of primary amides is 1. The molecule has 0 rings (SSSR count). The lowest BCUT2D eigenvalue weighted by Crippen LogP contribution is -2.44. The highest BCUT2D eigenvalue weighted by atomic mass is 16.1. The van der Waals surface area contributed by atoms with E-state index < -0.39 is 11.9 Å². The van der Waals surface area contributed by atoms with Crippen LogP contribution in [0.15, 0.2) is 0 Å². The van der Waals surface area contributed by atoms with Crippen molar-refractivity contribution >= 4 is 5.91 Å². The highest BCUT2D eigenvalue weighted by Crippen LogP contribution is 1.90. The summed E-state index contributed by atoms with van der Waals surface area (Å²) in [5.74, 6) is -0.446. The molecule has 0 aliphatic rings. The number of nitrogens with two attached hydrogens (primary N) is 2. The molecule has 5 N–H and O–H groups in total. The molecule has 72 valence electrons. The Balaban J connectivity index is 3.14. The molecule has 0 saturated heterocycles. The quantitative estimate of drug-likeness (QED) is 0.457. The zero-order chi connectivity index (χ0) is 9.40. The molecule has 0 aromatic carbocycles. The molecule has 1 unspecified atom stereocenters. The van der Waals surface area contributed by atoms with Gasteiger partial charge in [-0.3, -0.25) is 4.79 Å². The molecular weight excluding hydrogens is 154 g/mol. The number of nitrogens with one attached hydrogen (secondary N) is 1. The van der Waals surface area contributed by atoms with E-state index in [9.17, 15) is 4.79 Å². The van der Waals surface area contributed by atoms with Gasteiger partial charge in [-0.05, 0) is 13.0 Å². The number of carbonyl (C=O) groups excluding carboxylic acids is 1. The maximum atomic E-state index is 10.5. The van der Waals surface area contributed by atoms with Gasteiger partial charge in [-0.1, -0.05) is 19.8 Å². The van der Waals surface area contributed by atoms with Crippen molar-refractivity contribution in [3.8, 4) is 0 Å². The van der Waals surface area contributed by atoms with Gasteiger partial charge in [-0.15, -0.1) is 0 Å². The number of rotatable bonds is 7. The van der Waals surface area contributed by atoms with E-state index in [1.807, 2.05) is 0 Å². The van der Waals surface area contributed by atoms with E-state index in [4.69, 9.17) is 11.5 Å². The molecule has 4 nitrogen and oxygen atoms in total. The van der Waals surface area contributed by atoms with E-state index in [0.29, 0.717) is 6.54 Å². The second kappa shape index (κ2) is 7.06. The Morgan fingerprint density at radius 1 is 1.50 bits per heavy atom. The van der Waals surface area contributed by atoms with E-state index in [0.717, 1.165) is 13.0 Å². The number of unbranched alkanes of at least 4 members (excludes halogenated alkanes) is 2. The summed E-state index contributed by atoms with van der Waals surface area (Å²) in [7, 11) is 0. The van der Waals surface area contributed by atoms with Crippen molar-refractivity contribution in [1.29, 1.82) is 0 Å². The lowest BCUT2D eigenvalue weighted by atomic mass is 10.2. The van der Waals surface area contributed by atoms with Gasteiger partial charge in [-0.2, -0.15) is 0 Å². The highest BCUT2D eigenvalue weighted by Gasteiger charge is 2.06. The van der Waals surface area contributed by atoms with Crippen molar-refractivity contribution in [3.05, 3.63) is 0 Å². The maximum Gasteiger partial charge on any atom is 0.235 e. The van der Waals surface area contributed by atoms with E-state index in [1.165, 1.54) is 12.8 Å². The molecule has 1 amide bonds. The van der Waals surface area contributed by atoms with E-state index >= 15 is 0 Å². The molecule has 0 heterocycles. The third-order valence-electron chi connectivity index (χ3n) is 1.69. The first-order valence-electron chi connectivity index (χ1n) is 4.44. The smallest absolute Gasteiger partial charge is 0.235 e. The summed E-state index contributed by atoms with van der Waals surface area (Å²) in [6.45, 7) is 3.54. The fourth-order valence-corrected chi connectivity index (χ4v) is 0.858. The minimum Gasteiger partial charge on any atom is -0.368 e. The van der Waals surface area contributed by atoms with Crippen LogP contribution in [0.3, 0.4) is 0 Å². The van der Waals surface area contributed by atoms with Crippen LogP contribution in [0.2, 0.25) is 0 Å². The number of hydrogen-bond donors (Lipinski definition) is 3. The summed E-state index contributed by atoms with van der Waals surface area (Å²) in [5, 5.41) is 3.08. The van der Waals surface area contributed by atoms with Crippen LogP contribution in [-0.2, 0) is 4.79 Å². The Hall–Kier alpha value is -0.610. The van der Waals surface area contributed by atoms with Crippen LogP contribution < -0.4 is 16.8 Å². The molecule has 0 aliphatic heterocycles. The van der Waals surface area contributed by atoms with E-state index in [2.05, 4.69) is 12.2 Å². The number of amides is 1. The predicted molar refractivity (Wildman–Crippen MR) is 49.6 cm³/mol. The molecule has 0 aliphatic carbocycles. The van der Waals surface area contributed by atoms with Gasteiger partial charge < -0.3 is 16.8 Å². The van der Waals surface area contributed by atoms with Crippen molar-refractivity contribution in [2.45, 2.75) is 32.2 Å². The monoisotopic (exact) mass is 173 g/mol. The van der Waals surface area contributed by atoms with Crippen molar-refractivity contribution in [1.82, 2.24) is 5.32 Å². The van der Waals surface area contributed by atoms with Crippen LogP contribution in [0.1, 0.15) is 26.2 Å². The Morgan fingerprint density at radius 2 is 2.17 bits per heavy atom. The first-order valence-corrected chi connectivity index (χ1v) is 4.44. The third-order valence-corrected chi connectivity index (χ3v) is 1.69. The second-order valence-corrected chi connectivity index (χ2v) is 2.92. The van der Waals surface area contributed by atoms with Crippen LogP contribution in [0.4, 0.5) is 0 Å². The molecule has 4 heteroatoms. The molecule has 0 radical (unpaired) electrons. The van der Waals surface area contributed by atoms with Gasteiger partial charge in [0.15, 0.2) is 0 Å². The Morgan fingerprint density at radius 3 is 2.67 bits per heavy atom. The van der Waals surface area contributed by atoms with Crippen LogP contribution >= 0.6 is 0 Å². The number of hydrogen-bond acceptors (Lipinski definition) is 3. The van der Waals surface area contributed by atoms with Gasteiger partial charge in [0.2, 0.25) is 5.91 Å². The molecule has 1 atom stereocenters. The van der Waals surface area contributed by atoms with E-state index in [-0.39, 0.29) is 0 Å². The zero-order valence-corrected chi connectivity index (χ0v) is 7.68. The standard InChI is InChI=1S/C8H19N3O/c1-2-3-4-5-11-6-7(9)8(10)12/h7,11H,2-6,9H2,1H3,(H2,10,12). The van der Waals surface area contributed by atoms with Crippen LogP contribution in [0.25, 0.3) is 0 Å². The van der Waals surface area contributed by atoms with Crippen molar-refractivity contribution in [2.24, 2.45) is 11.5 Å². The number of carbonyl (C=O) groups is 1. The van der Waals surface area contributed by atoms with Crippen molar-refractivity contribution in [2.75, 3.05) is 13.1 Å². The fraction of sp³-hybridized carbons (Fsp3) is 0.875. The normalized spacial score (nSPS) is 12.8. The lowest BCUT2D eigenvalue weighted by molar-refractivity contribution is -0.119. The molecule has 12 heavy (non-hydrogen) atoms. The summed E-state index contributed by atoms with van der Waals surface area (Å²) < 4.78 is 0. The predicted octanol–water partition coefficient (Wildman–Crippen LogP) is -0.421. The first-order chi connectivity index (χ1) is 5.68. The molecular formula is C8H19N3O. The van der Waals surface area contributed by atoms with Crippen LogP contribution in [0.5, 0.6) is 0 Å². The minimum absolute atomic E-state index is 0.446. The highest BCUT2D eigenvalue weighted by molar-refractivity contribution is 5.79. The van der Waals surface area contributed by atoms with Crippen molar-refractivity contribution in [3.63, 3.8) is 0 Å². The summed E-state index contributed by atoms with van der Waals surface area (Å²) in [4.78, 5) is 10.5. The minimum atomic E-state index is -0.549. The third kappa shape index (κ3) is 6.12. The maximum absolute atomic E-state index is 10.5. The van der Waals surface area contributed by atoms with Gasteiger partial charge in [0.05, 0.1) is 6.04 Å². The molecule has 0 bridgehead atoms. The van der Waals surface area contributed by atoms with Gasteiger partial charge in [-0.25, -0.2) is 0 Å². The van der Waals surface area contributed by atoms with Gasteiger partial charge in [0.25, 0.3) is 0 Å². The van der Waals surface area contributed by atoms with E-state index in [1.54, 1.807) is 0 Å². The first kappa shape index (κ1) is 11.4. The largest absolute Gasteiger partial charge is 0.368 e. The topological polar surface area (TPSA) is 81.1 Å². The average molecular weight is 173 g/mol. The Labute approximate surface area is 73.7 Å². The Kier molecular flexibility index (Phi) is 6.70. The molecule has 0 aromatic rings. The van der Waals surface area contributed by atoms with Crippen LogP contribution in [0, 0.1) is 0 Å². The van der Waals surface area contributed by atoms with Gasteiger partial charge in [0.1, 0.15) is 0 Å². The summed E-state index contributed by atoms with van der Waals surface area (Å²) >= 11 is 0. The second-order valence-electron chi connectivity index (χ2n) is 2.92. The SMILES string of the molecule is CCCCCNCC(N)C(N)=O. The molecule has 0 saturated carbocycles. The average Bonchev–Trinajstić information content (AvgIpc) is 2.03.